The monoisotopic (exact) mass is 344 g/mol. The molecule has 1 fully saturated rings. The summed E-state index contributed by atoms with van der Waals surface area (Å²) in [6.45, 7) is 4.04. The van der Waals surface area contributed by atoms with E-state index in [0.29, 0.717) is 25.6 Å². The molecule has 0 unspecified atom stereocenters. The number of halogens is 1. The number of hydrogen-bond acceptors (Lipinski definition) is 5. The summed E-state index contributed by atoms with van der Waals surface area (Å²) in [6.07, 6.45) is 0.541. The van der Waals surface area contributed by atoms with Gasteiger partial charge in [-0.3, -0.25) is 4.79 Å². The highest BCUT2D eigenvalue weighted by atomic mass is 35.5. The van der Waals surface area contributed by atoms with Crippen LogP contribution in [0.3, 0.4) is 0 Å². The second kappa shape index (κ2) is 8.50. The number of carbonyl (C=O) groups is 1. The lowest BCUT2D eigenvalue weighted by Crippen LogP contribution is -2.48. The molecule has 1 aromatic rings. The molecule has 3 rings (SSSR count). The second-order valence-corrected chi connectivity index (χ2v) is 6.40. The zero-order valence-electron chi connectivity index (χ0n) is 12.3. The third-order valence-corrected chi connectivity index (χ3v) is 4.56. The first-order valence-corrected chi connectivity index (χ1v) is 8.30. The Labute approximate surface area is 140 Å². The van der Waals surface area contributed by atoms with Gasteiger partial charge in [-0.1, -0.05) is 0 Å². The highest BCUT2D eigenvalue weighted by molar-refractivity contribution is 7.99. The SMILES string of the molecule is Cl.O=C(CCSc1ccc2c(c1)OCCO2)NCC1CNC1. The largest absolute Gasteiger partial charge is 0.486 e. The van der Waals surface area contributed by atoms with Gasteiger partial charge in [-0.15, -0.1) is 24.2 Å². The van der Waals surface area contributed by atoms with E-state index in [9.17, 15) is 4.79 Å². The summed E-state index contributed by atoms with van der Waals surface area (Å²) in [5.74, 6) is 3.12. The van der Waals surface area contributed by atoms with Gasteiger partial charge < -0.3 is 20.1 Å². The Bertz CT molecular complexity index is 512. The van der Waals surface area contributed by atoms with E-state index in [-0.39, 0.29) is 18.3 Å². The van der Waals surface area contributed by atoms with Gasteiger partial charge >= 0.3 is 0 Å². The lowest BCUT2D eigenvalue weighted by molar-refractivity contribution is -0.120. The topological polar surface area (TPSA) is 59.6 Å². The first-order chi connectivity index (χ1) is 10.3. The summed E-state index contributed by atoms with van der Waals surface area (Å²) in [4.78, 5) is 12.8. The van der Waals surface area contributed by atoms with Gasteiger partial charge in [0.05, 0.1) is 0 Å². The van der Waals surface area contributed by atoms with Gasteiger partial charge in [-0.2, -0.15) is 0 Å². The van der Waals surface area contributed by atoms with Crippen LogP contribution in [0, 0.1) is 5.92 Å². The molecule has 2 aliphatic heterocycles. The predicted molar refractivity (Wildman–Crippen MR) is 89.4 cm³/mol. The lowest BCUT2D eigenvalue weighted by atomic mass is 10.0. The third kappa shape index (κ3) is 4.69. The molecular weight excluding hydrogens is 324 g/mol. The number of fused-ring (bicyclic) bond motifs is 1. The third-order valence-electron chi connectivity index (χ3n) is 3.57. The van der Waals surface area contributed by atoms with Gasteiger partial charge in [0, 0.05) is 42.6 Å². The van der Waals surface area contributed by atoms with Gasteiger partial charge in [-0.05, 0) is 18.2 Å². The van der Waals surface area contributed by atoms with Crippen LogP contribution in [0.4, 0.5) is 0 Å². The number of nitrogens with one attached hydrogen (secondary N) is 2. The molecule has 0 radical (unpaired) electrons. The minimum Gasteiger partial charge on any atom is -0.486 e. The van der Waals surface area contributed by atoms with Crippen LogP contribution < -0.4 is 20.1 Å². The van der Waals surface area contributed by atoms with E-state index in [0.717, 1.165) is 41.8 Å². The summed E-state index contributed by atoms with van der Waals surface area (Å²) in [6, 6.07) is 5.92. The van der Waals surface area contributed by atoms with Crippen LogP contribution in [0.15, 0.2) is 23.1 Å². The van der Waals surface area contributed by atoms with Crippen molar-refractivity contribution >= 4 is 30.1 Å². The maximum atomic E-state index is 11.7. The zero-order chi connectivity index (χ0) is 14.5. The van der Waals surface area contributed by atoms with Gasteiger partial charge in [-0.25, -0.2) is 0 Å². The molecule has 0 aliphatic carbocycles. The Hall–Kier alpha value is -1.11. The van der Waals surface area contributed by atoms with Crippen LogP contribution in [-0.4, -0.2) is 44.5 Å². The molecular formula is C15H21ClN2O3S. The average molecular weight is 345 g/mol. The van der Waals surface area contributed by atoms with E-state index in [1.807, 2.05) is 18.2 Å². The van der Waals surface area contributed by atoms with E-state index < -0.39 is 0 Å². The first kappa shape index (κ1) is 17.2. The van der Waals surface area contributed by atoms with Crippen molar-refractivity contribution in [3.8, 4) is 11.5 Å². The molecule has 2 N–H and O–H groups in total. The number of hydrogen-bond donors (Lipinski definition) is 2. The molecule has 122 valence electrons. The van der Waals surface area contributed by atoms with E-state index in [2.05, 4.69) is 10.6 Å². The molecule has 22 heavy (non-hydrogen) atoms. The molecule has 0 bridgehead atoms. The number of benzene rings is 1. The summed E-state index contributed by atoms with van der Waals surface area (Å²) in [5.41, 5.74) is 0. The lowest BCUT2D eigenvalue weighted by Gasteiger charge is -2.27. The van der Waals surface area contributed by atoms with Crippen molar-refractivity contribution in [3.05, 3.63) is 18.2 Å². The second-order valence-electron chi connectivity index (χ2n) is 5.23. The smallest absolute Gasteiger partial charge is 0.220 e. The van der Waals surface area contributed by atoms with Crippen molar-refractivity contribution in [1.29, 1.82) is 0 Å². The first-order valence-electron chi connectivity index (χ1n) is 7.31. The highest BCUT2D eigenvalue weighted by Crippen LogP contribution is 2.34. The summed E-state index contributed by atoms with van der Waals surface area (Å²) >= 11 is 1.67. The van der Waals surface area contributed by atoms with E-state index in [4.69, 9.17) is 9.47 Å². The van der Waals surface area contributed by atoms with Crippen LogP contribution in [-0.2, 0) is 4.79 Å². The Morgan fingerprint density at radius 3 is 2.77 bits per heavy atom. The van der Waals surface area contributed by atoms with Crippen LogP contribution in [0.25, 0.3) is 0 Å². The summed E-state index contributed by atoms with van der Waals surface area (Å²) in [5, 5.41) is 6.18. The van der Waals surface area contributed by atoms with Crippen LogP contribution in [0.2, 0.25) is 0 Å². The normalized spacial score (nSPS) is 16.4. The Morgan fingerprint density at radius 1 is 1.27 bits per heavy atom. The van der Waals surface area contributed by atoms with Crippen molar-refractivity contribution in [3.63, 3.8) is 0 Å². The maximum Gasteiger partial charge on any atom is 0.220 e. The molecule has 0 spiro atoms. The molecule has 7 heteroatoms. The Morgan fingerprint density at radius 2 is 2.05 bits per heavy atom. The zero-order valence-corrected chi connectivity index (χ0v) is 13.9. The minimum atomic E-state index is 0. The molecule has 2 aliphatic rings. The van der Waals surface area contributed by atoms with Crippen LogP contribution in [0.1, 0.15) is 6.42 Å². The number of rotatable bonds is 6. The minimum absolute atomic E-state index is 0. The van der Waals surface area contributed by atoms with E-state index in [1.165, 1.54) is 0 Å². The quantitative estimate of drug-likeness (QED) is 0.769. The number of carbonyl (C=O) groups excluding carboxylic acids is 1. The molecule has 5 nitrogen and oxygen atoms in total. The molecule has 0 saturated carbocycles. The fourth-order valence-electron chi connectivity index (χ4n) is 2.21. The van der Waals surface area contributed by atoms with Crippen LogP contribution in [0.5, 0.6) is 11.5 Å². The van der Waals surface area contributed by atoms with E-state index in [1.54, 1.807) is 11.8 Å². The van der Waals surface area contributed by atoms with Crippen molar-refractivity contribution in [2.45, 2.75) is 11.3 Å². The maximum absolute atomic E-state index is 11.7. The van der Waals surface area contributed by atoms with Crippen molar-refractivity contribution in [2.75, 3.05) is 38.6 Å². The number of thioether (sulfide) groups is 1. The highest BCUT2D eigenvalue weighted by Gasteiger charge is 2.17. The molecule has 0 atom stereocenters. The van der Waals surface area contributed by atoms with Crippen LogP contribution >= 0.6 is 24.2 Å². The Kier molecular flexibility index (Phi) is 6.67. The van der Waals surface area contributed by atoms with Gasteiger partial charge in [0.1, 0.15) is 13.2 Å². The average Bonchev–Trinajstić information content (AvgIpc) is 2.45. The number of ether oxygens (including phenoxy) is 2. The fraction of sp³-hybridized carbons (Fsp3) is 0.533. The fourth-order valence-corrected chi connectivity index (χ4v) is 3.09. The Balaban J connectivity index is 0.00000176. The summed E-state index contributed by atoms with van der Waals surface area (Å²) < 4.78 is 11.0. The van der Waals surface area contributed by atoms with Gasteiger partial charge in [0.15, 0.2) is 11.5 Å². The van der Waals surface area contributed by atoms with Crippen molar-refractivity contribution in [2.24, 2.45) is 5.92 Å². The van der Waals surface area contributed by atoms with Gasteiger partial charge in [0.2, 0.25) is 5.91 Å². The summed E-state index contributed by atoms with van der Waals surface area (Å²) in [7, 11) is 0. The molecule has 1 aromatic carbocycles. The van der Waals surface area contributed by atoms with Crippen molar-refractivity contribution in [1.82, 2.24) is 10.6 Å². The molecule has 0 aromatic heterocycles. The standard InChI is InChI=1S/C15H20N2O3S.ClH/c18-15(17-10-11-8-16-9-11)3-6-21-12-1-2-13-14(7-12)20-5-4-19-13;/h1-2,7,11,16H,3-6,8-10H2,(H,17,18);1H. The van der Waals surface area contributed by atoms with Crippen molar-refractivity contribution < 1.29 is 14.3 Å². The van der Waals surface area contributed by atoms with Gasteiger partial charge in [0.25, 0.3) is 0 Å². The van der Waals surface area contributed by atoms with E-state index >= 15 is 0 Å². The molecule has 2 heterocycles. The molecule has 1 amide bonds. The predicted octanol–water partition coefficient (Wildman–Crippen LogP) is 1.70. The molecule has 1 saturated heterocycles. The number of amides is 1.